The number of hydrogen-bond acceptors (Lipinski definition) is 3. The van der Waals surface area contributed by atoms with Crippen LogP contribution in [0.25, 0.3) is 0 Å². The Kier molecular flexibility index (Phi) is 6.87. The highest BCUT2D eigenvalue weighted by molar-refractivity contribution is 6.31. The first-order valence-corrected chi connectivity index (χ1v) is 11.8. The zero-order valence-corrected chi connectivity index (χ0v) is 18.7. The van der Waals surface area contributed by atoms with Gasteiger partial charge < -0.3 is 15.5 Å². The summed E-state index contributed by atoms with van der Waals surface area (Å²) >= 11 is 6.36. The topological polar surface area (TPSA) is 47.6 Å². The van der Waals surface area contributed by atoms with E-state index < -0.39 is 0 Å². The van der Waals surface area contributed by atoms with Crippen molar-refractivity contribution in [3.05, 3.63) is 34.3 Å². The molecule has 1 aromatic carbocycles. The van der Waals surface area contributed by atoms with E-state index in [1.807, 2.05) is 17.0 Å². The summed E-state index contributed by atoms with van der Waals surface area (Å²) in [4.78, 5) is 17.2. The number of halogens is 1. The molecule has 2 heterocycles. The zero-order valence-electron chi connectivity index (χ0n) is 18.0. The van der Waals surface area contributed by atoms with Crippen LogP contribution in [0.2, 0.25) is 5.02 Å². The van der Waals surface area contributed by atoms with Gasteiger partial charge in [-0.05, 0) is 49.4 Å². The average molecular weight is 429 g/mol. The molecule has 0 radical (unpaired) electrons. The molecular formula is C24H33ClN4O. The SMILES string of the molecule is CCCCCc1cc(C#CC2(NC(=O)N3CCN(C4CNC4)CC3)CC2)ccc1Cl. The lowest BCUT2D eigenvalue weighted by Crippen LogP contribution is -2.63. The van der Waals surface area contributed by atoms with Gasteiger partial charge in [0.2, 0.25) is 0 Å². The van der Waals surface area contributed by atoms with E-state index in [-0.39, 0.29) is 11.6 Å². The zero-order chi connectivity index (χ0) is 21.0. The number of amides is 2. The molecular weight excluding hydrogens is 396 g/mol. The fourth-order valence-corrected chi connectivity index (χ4v) is 4.33. The fraction of sp³-hybridized carbons (Fsp3) is 0.625. The van der Waals surface area contributed by atoms with Crippen LogP contribution in [0.5, 0.6) is 0 Å². The maximum absolute atomic E-state index is 12.8. The third-order valence-electron chi connectivity index (χ3n) is 6.52. The summed E-state index contributed by atoms with van der Waals surface area (Å²) in [6, 6.07) is 6.72. The summed E-state index contributed by atoms with van der Waals surface area (Å²) in [6.45, 7) is 7.88. The van der Waals surface area contributed by atoms with E-state index in [9.17, 15) is 4.79 Å². The van der Waals surface area contributed by atoms with E-state index in [0.717, 1.165) is 75.5 Å². The molecule has 2 aliphatic heterocycles. The smallest absolute Gasteiger partial charge is 0.318 e. The second-order valence-electron chi connectivity index (χ2n) is 8.86. The van der Waals surface area contributed by atoms with Gasteiger partial charge in [0, 0.05) is 55.9 Å². The molecule has 0 unspecified atom stereocenters. The molecule has 0 aromatic heterocycles. The number of urea groups is 1. The van der Waals surface area contributed by atoms with Crippen LogP contribution in [0, 0.1) is 11.8 Å². The van der Waals surface area contributed by atoms with Gasteiger partial charge in [-0.15, -0.1) is 0 Å². The molecule has 1 aromatic rings. The first-order chi connectivity index (χ1) is 14.6. The predicted molar refractivity (Wildman–Crippen MR) is 122 cm³/mol. The van der Waals surface area contributed by atoms with E-state index >= 15 is 0 Å². The second-order valence-corrected chi connectivity index (χ2v) is 9.27. The van der Waals surface area contributed by atoms with Gasteiger partial charge >= 0.3 is 6.03 Å². The van der Waals surface area contributed by atoms with E-state index in [4.69, 9.17) is 11.6 Å². The number of piperazine rings is 1. The Labute approximate surface area is 185 Å². The highest BCUT2D eigenvalue weighted by Gasteiger charge is 2.44. The number of hydrogen-bond donors (Lipinski definition) is 2. The minimum absolute atomic E-state index is 0.0320. The molecule has 2 saturated heterocycles. The molecule has 2 N–H and O–H groups in total. The van der Waals surface area contributed by atoms with Gasteiger partial charge in [-0.3, -0.25) is 4.90 Å². The first-order valence-electron chi connectivity index (χ1n) is 11.4. The normalized spacial score (nSPS) is 20.8. The Morgan fingerprint density at radius 2 is 2.00 bits per heavy atom. The molecule has 3 fully saturated rings. The maximum Gasteiger partial charge on any atom is 0.318 e. The van der Waals surface area contributed by atoms with E-state index in [1.165, 1.54) is 18.4 Å². The Morgan fingerprint density at radius 3 is 2.63 bits per heavy atom. The van der Waals surface area contributed by atoms with Crippen LogP contribution in [-0.4, -0.2) is 66.7 Å². The van der Waals surface area contributed by atoms with Crippen molar-refractivity contribution in [1.29, 1.82) is 0 Å². The van der Waals surface area contributed by atoms with Crippen molar-refractivity contribution in [1.82, 2.24) is 20.4 Å². The molecule has 6 heteroatoms. The number of nitrogens with zero attached hydrogens (tertiary/aromatic N) is 2. The van der Waals surface area contributed by atoms with Crippen LogP contribution in [0.15, 0.2) is 18.2 Å². The number of carbonyl (C=O) groups excluding carboxylic acids is 1. The van der Waals surface area contributed by atoms with Crippen molar-refractivity contribution in [2.24, 2.45) is 0 Å². The van der Waals surface area contributed by atoms with Gasteiger partial charge in [0.15, 0.2) is 0 Å². The Morgan fingerprint density at radius 1 is 1.23 bits per heavy atom. The Hall–Kier alpha value is -1.74. The van der Waals surface area contributed by atoms with Crippen LogP contribution in [0.1, 0.15) is 50.2 Å². The van der Waals surface area contributed by atoms with E-state index in [2.05, 4.69) is 40.4 Å². The molecule has 1 saturated carbocycles. The number of unbranched alkanes of at least 4 members (excludes halogenated alkanes) is 2. The largest absolute Gasteiger partial charge is 0.322 e. The van der Waals surface area contributed by atoms with Crippen molar-refractivity contribution >= 4 is 17.6 Å². The molecule has 1 aliphatic carbocycles. The van der Waals surface area contributed by atoms with E-state index in [1.54, 1.807) is 0 Å². The fourth-order valence-electron chi connectivity index (χ4n) is 4.11. The quantitative estimate of drug-likeness (QED) is 0.540. The standard InChI is InChI=1S/C24H33ClN4O/c1-2-3-4-5-20-16-19(6-7-22(20)25)8-9-24(10-11-24)27-23(30)29-14-12-28(13-15-29)21-17-26-18-21/h6-7,16,21,26H,2-5,10-15,17-18H2,1H3,(H,27,30). The number of nitrogens with one attached hydrogen (secondary N) is 2. The van der Waals surface area contributed by atoms with Crippen molar-refractivity contribution in [2.45, 2.75) is 57.0 Å². The molecule has 0 atom stereocenters. The highest BCUT2D eigenvalue weighted by Crippen LogP contribution is 2.35. The molecule has 3 aliphatic rings. The minimum atomic E-state index is -0.353. The number of carbonyl (C=O) groups is 1. The molecule has 5 nitrogen and oxygen atoms in total. The lowest BCUT2D eigenvalue weighted by atomic mass is 10.0. The number of rotatable bonds is 6. The van der Waals surface area contributed by atoms with Crippen LogP contribution < -0.4 is 10.6 Å². The summed E-state index contributed by atoms with van der Waals surface area (Å²) < 4.78 is 0. The van der Waals surface area contributed by atoms with Crippen molar-refractivity contribution in [2.75, 3.05) is 39.3 Å². The van der Waals surface area contributed by atoms with Gasteiger partial charge in [0.05, 0.1) is 0 Å². The summed E-state index contributed by atoms with van der Waals surface area (Å²) in [7, 11) is 0. The summed E-state index contributed by atoms with van der Waals surface area (Å²) in [5.41, 5.74) is 1.80. The number of aryl methyl sites for hydroxylation is 1. The highest BCUT2D eigenvalue weighted by atomic mass is 35.5. The molecule has 0 bridgehead atoms. The Bertz CT molecular complexity index is 814. The van der Waals surface area contributed by atoms with E-state index in [0.29, 0.717) is 6.04 Å². The monoisotopic (exact) mass is 428 g/mol. The van der Waals surface area contributed by atoms with Gasteiger partial charge in [-0.25, -0.2) is 4.79 Å². The summed E-state index contributed by atoms with van der Waals surface area (Å²) in [5, 5.41) is 7.35. The first kappa shape index (κ1) is 21.5. The van der Waals surface area contributed by atoms with Gasteiger partial charge in [-0.1, -0.05) is 43.2 Å². The van der Waals surface area contributed by atoms with Crippen molar-refractivity contribution in [3.63, 3.8) is 0 Å². The van der Waals surface area contributed by atoms with Crippen LogP contribution in [0.4, 0.5) is 4.79 Å². The van der Waals surface area contributed by atoms with Crippen molar-refractivity contribution in [3.8, 4) is 11.8 Å². The predicted octanol–water partition coefficient (Wildman–Crippen LogP) is 3.26. The lowest BCUT2D eigenvalue weighted by Gasteiger charge is -2.43. The molecule has 0 spiro atoms. The average Bonchev–Trinajstić information content (AvgIpc) is 3.47. The maximum atomic E-state index is 12.8. The number of benzene rings is 1. The lowest BCUT2D eigenvalue weighted by molar-refractivity contribution is 0.0839. The van der Waals surface area contributed by atoms with Gasteiger partial charge in [0.1, 0.15) is 5.54 Å². The molecule has 4 rings (SSSR count). The summed E-state index contributed by atoms with van der Waals surface area (Å²) in [5.74, 6) is 6.64. The molecule has 30 heavy (non-hydrogen) atoms. The minimum Gasteiger partial charge on any atom is -0.322 e. The Balaban J connectivity index is 1.31. The van der Waals surface area contributed by atoms with Gasteiger partial charge in [0.25, 0.3) is 0 Å². The summed E-state index contributed by atoms with van der Waals surface area (Å²) in [6.07, 6.45) is 6.41. The van der Waals surface area contributed by atoms with Gasteiger partial charge in [-0.2, -0.15) is 0 Å². The molecule has 2 amide bonds. The van der Waals surface area contributed by atoms with Crippen molar-refractivity contribution < 1.29 is 4.79 Å². The van der Waals surface area contributed by atoms with Crippen LogP contribution in [0.3, 0.4) is 0 Å². The third-order valence-corrected chi connectivity index (χ3v) is 6.88. The third kappa shape index (κ3) is 5.29. The van der Waals surface area contributed by atoms with Crippen LogP contribution >= 0.6 is 11.6 Å². The van der Waals surface area contributed by atoms with Crippen LogP contribution in [-0.2, 0) is 6.42 Å². The second kappa shape index (κ2) is 9.60. The molecule has 162 valence electrons.